The van der Waals surface area contributed by atoms with Gasteiger partial charge >= 0.3 is 0 Å². The van der Waals surface area contributed by atoms with Gasteiger partial charge in [-0.2, -0.15) is 4.98 Å². The van der Waals surface area contributed by atoms with Crippen LogP contribution >= 0.6 is 0 Å². The van der Waals surface area contributed by atoms with Crippen molar-refractivity contribution < 1.29 is 9.26 Å². The first-order valence-corrected chi connectivity index (χ1v) is 8.67. The lowest BCUT2D eigenvalue weighted by Crippen LogP contribution is -2.26. The molecular weight excluding hydrogens is 328 g/mol. The van der Waals surface area contributed by atoms with E-state index < -0.39 is 0 Å². The zero-order chi connectivity index (χ0) is 18.2. The first kappa shape index (κ1) is 18.1. The van der Waals surface area contributed by atoms with Gasteiger partial charge in [-0.05, 0) is 29.7 Å². The number of rotatable bonds is 9. The predicted molar refractivity (Wildman–Crippen MR) is 99.4 cm³/mol. The zero-order valence-electron chi connectivity index (χ0n) is 15.0. The molecule has 0 unspecified atom stereocenters. The molecule has 2 aromatic carbocycles. The zero-order valence-corrected chi connectivity index (χ0v) is 15.0. The third-order valence-corrected chi connectivity index (χ3v) is 4.17. The van der Waals surface area contributed by atoms with Crippen LogP contribution < -0.4 is 10.5 Å². The number of methoxy groups -OCH3 is 1. The molecule has 3 rings (SSSR count). The molecule has 0 spiro atoms. The molecule has 3 aromatic rings. The first-order valence-electron chi connectivity index (χ1n) is 8.67. The van der Waals surface area contributed by atoms with E-state index in [0.717, 1.165) is 25.3 Å². The van der Waals surface area contributed by atoms with E-state index in [2.05, 4.69) is 51.4 Å². The average Bonchev–Trinajstić information content (AvgIpc) is 3.15. The van der Waals surface area contributed by atoms with E-state index in [1.54, 1.807) is 7.11 Å². The van der Waals surface area contributed by atoms with E-state index in [4.69, 9.17) is 15.0 Å². The summed E-state index contributed by atoms with van der Waals surface area (Å²) < 4.78 is 10.3. The summed E-state index contributed by atoms with van der Waals surface area (Å²) in [7, 11) is 1.68. The molecule has 6 nitrogen and oxygen atoms in total. The molecule has 0 aliphatic rings. The summed E-state index contributed by atoms with van der Waals surface area (Å²) in [6, 6.07) is 18.6. The van der Waals surface area contributed by atoms with Crippen molar-refractivity contribution >= 4 is 0 Å². The maximum absolute atomic E-state index is 5.56. The van der Waals surface area contributed by atoms with Crippen LogP contribution in [0.2, 0.25) is 0 Å². The summed E-state index contributed by atoms with van der Waals surface area (Å²) in [4.78, 5) is 6.64. The van der Waals surface area contributed by atoms with E-state index in [1.807, 2.05) is 18.2 Å². The maximum atomic E-state index is 5.56. The number of hydrogen-bond acceptors (Lipinski definition) is 6. The molecule has 0 aliphatic carbocycles. The number of aromatic nitrogens is 2. The van der Waals surface area contributed by atoms with Gasteiger partial charge in [-0.3, -0.25) is 4.90 Å². The number of nitrogens with zero attached hydrogens (tertiary/aromatic N) is 3. The van der Waals surface area contributed by atoms with Gasteiger partial charge in [-0.25, -0.2) is 0 Å². The predicted octanol–water partition coefficient (Wildman–Crippen LogP) is 2.78. The Morgan fingerprint density at radius 2 is 1.77 bits per heavy atom. The SMILES string of the molecule is COc1ccc(CCN(Cc2ccccc2)Cc2noc(CN)n2)cc1. The van der Waals surface area contributed by atoms with Crippen molar-refractivity contribution in [3.63, 3.8) is 0 Å². The Balaban J connectivity index is 1.66. The molecular formula is C20H24N4O2. The van der Waals surface area contributed by atoms with Crippen LogP contribution in [0.4, 0.5) is 0 Å². The molecule has 0 aliphatic heterocycles. The quantitative estimate of drug-likeness (QED) is 0.638. The Morgan fingerprint density at radius 1 is 1.00 bits per heavy atom. The molecule has 0 radical (unpaired) electrons. The Hall–Kier alpha value is -2.70. The maximum Gasteiger partial charge on any atom is 0.240 e. The van der Waals surface area contributed by atoms with Gasteiger partial charge < -0.3 is 15.0 Å². The van der Waals surface area contributed by atoms with Crippen LogP contribution in [0, 0.1) is 0 Å². The summed E-state index contributed by atoms with van der Waals surface area (Å²) in [5.74, 6) is 2.00. The van der Waals surface area contributed by atoms with Crippen LogP contribution in [0.5, 0.6) is 5.75 Å². The van der Waals surface area contributed by atoms with Crippen LogP contribution in [0.25, 0.3) is 0 Å². The highest BCUT2D eigenvalue weighted by Crippen LogP contribution is 2.14. The molecule has 0 saturated heterocycles. The van der Waals surface area contributed by atoms with Gasteiger partial charge in [-0.15, -0.1) is 0 Å². The molecule has 6 heteroatoms. The van der Waals surface area contributed by atoms with Crippen molar-refractivity contribution in [1.82, 2.24) is 15.0 Å². The topological polar surface area (TPSA) is 77.4 Å². The van der Waals surface area contributed by atoms with Gasteiger partial charge in [-0.1, -0.05) is 47.6 Å². The van der Waals surface area contributed by atoms with E-state index in [9.17, 15) is 0 Å². The van der Waals surface area contributed by atoms with E-state index in [-0.39, 0.29) is 6.54 Å². The number of benzene rings is 2. The molecule has 136 valence electrons. The lowest BCUT2D eigenvalue weighted by Gasteiger charge is -2.21. The third-order valence-electron chi connectivity index (χ3n) is 4.17. The summed E-state index contributed by atoms with van der Waals surface area (Å²) in [6.45, 7) is 2.59. The molecule has 1 heterocycles. The summed E-state index contributed by atoms with van der Waals surface area (Å²) in [6.07, 6.45) is 0.929. The van der Waals surface area contributed by atoms with Gasteiger partial charge in [0.15, 0.2) is 5.82 Å². The highest BCUT2D eigenvalue weighted by Gasteiger charge is 2.12. The second kappa shape index (κ2) is 9.12. The summed E-state index contributed by atoms with van der Waals surface area (Å²) >= 11 is 0. The fourth-order valence-electron chi connectivity index (χ4n) is 2.77. The Kier molecular flexibility index (Phi) is 6.35. The minimum absolute atomic E-state index is 0.261. The highest BCUT2D eigenvalue weighted by atomic mass is 16.5. The van der Waals surface area contributed by atoms with Crippen LogP contribution in [0.1, 0.15) is 22.8 Å². The molecule has 26 heavy (non-hydrogen) atoms. The Bertz CT molecular complexity index is 787. The molecule has 0 fully saturated rings. The van der Waals surface area contributed by atoms with Gasteiger partial charge in [0, 0.05) is 13.1 Å². The lowest BCUT2D eigenvalue weighted by molar-refractivity contribution is 0.248. The van der Waals surface area contributed by atoms with Gasteiger partial charge in [0.1, 0.15) is 5.75 Å². The molecule has 0 bridgehead atoms. The van der Waals surface area contributed by atoms with Crippen LogP contribution in [-0.4, -0.2) is 28.7 Å². The number of ether oxygens (including phenoxy) is 1. The second-order valence-electron chi connectivity index (χ2n) is 6.10. The van der Waals surface area contributed by atoms with Gasteiger partial charge in [0.05, 0.1) is 20.2 Å². The van der Waals surface area contributed by atoms with Crippen molar-refractivity contribution in [3.8, 4) is 5.75 Å². The number of nitrogens with two attached hydrogens (primary N) is 1. The van der Waals surface area contributed by atoms with Crippen molar-refractivity contribution in [2.75, 3.05) is 13.7 Å². The number of hydrogen-bond donors (Lipinski definition) is 1. The third kappa shape index (κ3) is 5.15. The summed E-state index contributed by atoms with van der Waals surface area (Å²) in [5, 5.41) is 4.02. The van der Waals surface area contributed by atoms with E-state index in [0.29, 0.717) is 18.3 Å². The fourth-order valence-corrected chi connectivity index (χ4v) is 2.77. The standard InChI is InChI=1S/C20H24N4O2/c1-25-18-9-7-16(8-10-18)11-12-24(14-17-5-3-2-4-6-17)15-19-22-20(13-21)26-23-19/h2-10H,11-15,21H2,1H3. The largest absolute Gasteiger partial charge is 0.497 e. The lowest BCUT2D eigenvalue weighted by atomic mass is 10.1. The average molecular weight is 352 g/mol. The molecule has 0 saturated carbocycles. The van der Waals surface area contributed by atoms with Crippen LogP contribution in [0.15, 0.2) is 59.1 Å². The molecule has 2 N–H and O–H groups in total. The van der Waals surface area contributed by atoms with Crippen LogP contribution in [-0.2, 0) is 26.1 Å². The minimum Gasteiger partial charge on any atom is -0.497 e. The van der Waals surface area contributed by atoms with Crippen molar-refractivity contribution in [1.29, 1.82) is 0 Å². The molecule has 1 aromatic heterocycles. The highest BCUT2D eigenvalue weighted by molar-refractivity contribution is 5.27. The van der Waals surface area contributed by atoms with E-state index in [1.165, 1.54) is 11.1 Å². The second-order valence-corrected chi connectivity index (χ2v) is 6.10. The van der Waals surface area contributed by atoms with Crippen molar-refractivity contribution in [3.05, 3.63) is 77.4 Å². The van der Waals surface area contributed by atoms with Crippen LogP contribution in [0.3, 0.4) is 0 Å². The molecule has 0 amide bonds. The van der Waals surface area contributed by atoms with Gasteiger partial charge in [0.2, 0.25) is 5.89 Å². The van der Waals surface area contributed by atoms with E-state index >= 15 is 0 Å². The van der Waals surface area contributed by atoms with Crippen molar-refractivity contribution in [2.45, 2.75) is 26.1 Å². The first-order chi connectivity index (χ1) is 12.8. The van der Waals surface area contributed by atoms with Crippen molar-refractivity contribution in [2.24, 2.45) is 5.73 Å². The smallest absolute Gasteiger partial charge is 0.240 e. The Labute approximate surface area is 153 Å². The monoisotopic (exact) mass is 352 g/mol. The normalized spacial score (nSPS) is 11.0. The molecule has 0 atom stereocenters. The minimum atomic E-state index is 0.261. The Morgan fingerprint density at radius 3 is 2.42 bits per heavy atom. The fraction of sp³-hybridized carbons (Fsp3) is 0.300. The van der Waals surface area contributed by atoms with Gasteiger partial charge in [0.25, 0.3) is 0 Å². The summed E-state index contributed by atoms with van der Waals surface area (Å²) in [5.41, 5.74) is 8.07.